The number of piperazine rings is 1. The van der Waals surface area contributed by atoms with E-state index < -0.39 is 0 Å². The summed E-state index contributed by atoms with van der Waals surface area (Å²) in [6, 6.07) is 20.6. The molecule has 0 unspecified atom stereocenters. The molecular weight excluding hydrogens is 386 g/mol. The minimum absolute atomic E-state index is 0.127. The van der Waals surface area contributed by atoms with Crippen molar-refractivity contribution in [3.8, 4) is 11.3 Å². The third kappa shape index (κ3) is 4.39. The average molecular weight is 410 g/mol. The number of amides is 1. The monoisotopic (exact) mass is 409 g/mol. The van der Waals surface area contributed by atoms with Gasteiger partial charge in [0.15, 0.2) is 4.34 Å². The zero-order valence-corrected chi connectivity index (χ0v) is 17.5. The van der Waals surface area contributed by atoms with Crippen LogP contribution in [0.25, 0.3) is 11.3 Å². The third-order valence-electron chi connectivity index (χ3n) is 4.89. The van der Waals surface area contributed by atoms with Crippen LogP contribution in [0, 0.1) is 0 Å². The Labute approximate surface area is 174 Å². The number of para-hydroxylation sites is 1. The second kappa shape index (κ2) is 8.80. The van der Waals surface area contributed by atoms with E-state index in [4.69, 9.17) is 4.98 Å². The van der Waals surface area contributed by atoms with Crippen LogP contribution in [0.15, 0.2) is 70.4 Å². The van der Waals surface area contributed by atoms with E-state index in [1.165, 1.54) is 5.69 Å². The van der Waals surface area contributed by atoms with E-state index in [1.807, 2.05) is 36.1 Å². The van der Waals surface area contributed by atoms with Gasteiger partial charge in [0.2, 0.25) is 5.91 Å². The number of hydrogen-bond donors (Lipinski definition) is 0. The van der Waals surface area contributed by atoms with Crippen molar-refractivity contribution < 1.29 is 4.79 Å². The quantitative estimate of drug-likeness (QED) is 0.575. The summed E-state index contributed by atoms with van der Waals surface area (Å²) < 4.78 is 0.947. The summed E-state index contributed by atoms with van der Waals surface area (Å²) in [4.78, 5) is 21.9. The minimum Gasteiger partial charge on any atom is -0.368 e. The lowest BCUT2D eigenvalue weighted by molar-refractivity contribution is -0.130. The van der Waals surface area contributed by atoms with Crippen LogP contribution in [0.1, 0.15) is 6.92 Å². The zero-order valence-electron chi connectivity index (χ0n) is 15.8. The number of benzene rings is 2. The van der Waals surface area contributed by atoms with Gasteiger partial charge < -0.3 is 9.80 Å². The fraction of sp³-hybridized carbons (Fsp3) is 0.273. The Balaban J connectivity index is 1.32. The molecule has 4 nitrogen and oxygen atoms in total. The van der Waals surface area contributed by atoms with Crippen molar-refractivity contribution in [3.63, 3.8) is 0 Å². The highest BCUT2D eigenvalue weighted by molar-refractivity contribution is 8.02. The van der Waals surface area contributed by atoms with Gasteiger partial charge in [-0.05, 0) is 19.1 Å². The highest BCUT2D eigenvalue weighted by atomic mass is 32.2. The van der Waals surface area contributed by atoms with E-state index in [-0.39, 0.29) is 11.2 Å². The SMILES string of the molecule is C[C@@H](Sc1nc(-c2ccccc2)cs1)C(=O)N1CCN(c2ccccc2)CC1. The standard InChI is InChI=1S/C22H23N3OS2/c1-17(28-22-23-20(16-27-22)18-8-4-2-5-9-18)21(26)25-14-12-24(13-15-25)19-10-6-3-7-11-19/h2-11,16-17H,12-15H2,1H3/t17-/m1/s1. The Bertz CT molecular complexity index is 906. The fourth-order valence-electron chi connectivity index (χ4n) is 3.34. The summed E-state index contributed by atoms with van der Waals surface area (Å²) in [5.41, 5.74) is 3.32. The maximum Gasteiger partial charge on any atom is 0.235 e. The number of thiazole rings is 1. The van der Waals surface area contributed by atoms with Crippen molar-refractivity contribution in [2.45, 2.75) is 16.5 Å². The predicted molar refractivity (Wildman–Crippen MR) is 118 cm³/mol. The second-order valence-electron chi connectivity index (χ2n) is 6.77. The molecule has 1 fully saturated rings. The van der Waals surface area contributed by atoms with Crippen molar-refractivity contribution in [2.75, 3.05) is 31.1 Å². The molecule has 28 heavy (non-hydrogen) atoms. The van der Waals surface area contributed by atoms with Crippen molar-refractivity contribution in [1.82, 2.24) is 9.88 Å². The maximum absolute atomic E-state index is 12.9. The molecule has 3 aromatic rings. The lowest BCUT2D eigenvalue weighted by atomic mass is 10.2. The van der Waals surface area contributed by atoms with Crippen LogP contribution in [0.2, 0.25) is 0 Å². The Hall–Kier alpha value is -2.31. The Morgan fingerprint density at radius 1 is 1.00 bits per heavy atom. The molecular formula is C22H23N3OS2. The molecule has 0 radical (unpaired) electrons. The number of carbonyl (C=O) groups is 1. The maximum atomic E-state index is 12.9. The molecule has 0 bridgehead atoms. The smallest absolute Gasteiger partial charge is 0.235 e. The molecule has 1 amide bonds. The first-order valence-corrected chi connectivity index (χ1v) is 11.2. The molecule has 0 aliphatic carbocycles. The van der Waals surface area contributed by atoms with Gasteiger partial charge in [0, 0.05) is 42.8 Å². The van der Waals surface area contributed by atoms with Gasteiger partial charge in [0.05, 0.1) is 10.9 Å². The van der Waals surface area contributed by atoms with Crippen molar-refractivity contribution in [1.29, 1.82) is 0 Å². The Morgan fingerprint density at radius 3 is 2.32 bits per heavy atom. The Morgan fingerprint density at radius 2 is 1.64 bits per heavy atom. The van der Waals surface area contributed by atoms with Crippen LogP contribution in [0.4, 0.5) is 5.69 Å². The number of rotatable bonds is 5. The van der Waals surface area contributed by atoms with Gasteiger partial charge in [0.1, 0.15) is 0 Å². The largest absolute Gasteiger partial charge is 0.368 e. The lowest BCUT2D eigenvalue weighted by Gasteiger charge is -2.37. The molecule has 1 saturated heterocycles. The molecule has 1 aliphatic rings. The topological polar surface area (TPSA) is 36.4 Å². The van der Waals surface area contributed by atoms with Gasteiger partial charge in [-0.2, -0.15) is 0 Å². The molecule has 0 spiro atoms. The first kappa shape index (κ1) is 19.0. The van der Waals surface area contributed by atoms with Gasteiger partial charge in [-0.3, -0.25) is 4.79 Å². The summed E-state index contributed by atoms with van der Waals surface area (Å²) in [6.45, 7) is 5.28. The van der Waals surface area contributed by atoms with Crippen LogP contribution < -0.4 is 4.90 Å². The van der Waals surface area contributed by atoms with E-state index >= 15 is 0 Å². The van der Waals surface area contributed by atoms with Gasteiger partial charge in [-0.25, -0.2) is 4.98 Å². The van der Waals surface area contributed by atoms with E-state index in [1.54, 1.807) is 23.1 Å². The molecule has 4 rings (SSSR count). The number of aromatic nitrogens is 1. The van der Waals surface area contributed by atoms with Crippen molar-refractivity contribution in [2.24, 2.45) is 0 Å². The van der Waals surface area contributed by atoms with Gasteiger partial charge >= 0.3 is 0 Å². The highest BCUT2D eigenvalue weighted by Gasteiger charge is 2.26. The summed E-state index contributed by atoms with van der Waals surface area (Å²) in [7, 11) is 0. The molecule has 1 aliphatic heterocycles. The first-order chi connectivity index (χ1) is 13.7. The third-order valence-corrected chi connectivity index (χ3v) is 6.95. The van der Waals surface area contributed by atoms with Crippen LogP contribution in [0.3, 0.4) is 0 Å². The van der Waals surface area contributed by atoms with Gasteiger partial charge in [0.25, 0.3) is 0 Å². The number of nitrogens with zero attached hydrogens (tertiary/aromatic N) is 3. The molecule has 0 N–H and O–H groups in total. The van der Waals surface area contributed by atoms with E-state index in [9.17, 15) is 4.79 Å². The lowest BCUT2D eigenvalue weighted by Crippen LogP contribution is -2.50. The van der Waals surface area contributed by atoms with E-state index in [2.05, 4.69) is 46.7 Å². The first-order valence-electron chi connectivity index (χ1n) is 9.47. The molecule has 1 atom stereocenters. The molecule has 2 heterocycles. The summed E-state index contributed by atoms with van der Waals surface area (Å²) in [5.74, 6) is 0.203. The molecule has 6 heteroatoms. The van der Waals surface area contributed by atoms with E-state index in [0.29, 0.717) is 0 Å². The van der Waals surface area contributed by atoms with Crippen molar-refractivity contribution in [3.05, 3.63) is 66.0 Å². The number of hydrogen-bond acceptors (Lipinski definition) is 5. The van der Waals surface area contributed by atoms with Crippen molar-refractivity contribution >= 4 is 34.7 Å². The number of thioether (sulfide) groups is 1. The van der Waals surface area contributed by atoms with Crippen LogP contribution in [-0.4, -0.2) is 47.2 Å². The summed E-state index contributed by atoms with van der Waals surface area (Å²) in [5, 5.41) is 1.94. The summed E-state index contributed by atoms with van der Waals surface area (Å²) in [6.07, 6.45) is 0. The molecule has 2 aromatic carbocycles. The van der Waals surface area contributed by atoms with Crippen LogP contribution in [-0.2, 0) is 4.79 Å². The normalized spacial score (nSPS) is 15.5. The molecule has 0 saturated carbocycles. The molecule has 144 valence electrons. The molecule has 1 aromatic heterocycles. The van der Waals surface area contributed by atoms with Crippen LogP contribution in [0.5, 0.6) is 0 Å². The van der Waals surface area contributed by atoms with Crippen LogP contribution >= 0.6 is 23.1 Å². The fourth-order valence-corrected chi connectivity index (χ4v) is 5.39. The van der Waals surface area contributed by atoms with Gasteiger partial charge in [-0.1, -0.05) is 60.3 Å². The predicted octanol–water partition coefficient (Wildman–Crippen LogP) is 4.64. The Kier molecular flexibility index (Phi) is 5.98. The highest BCUT2D eigenvalue weighted by Crippen LogP contribution is 2.31. The number of carbonyl (C=O) groups excluding carboxylic acids is 1. The van der Waals surface area contributed by atoms with Gasteiger partial charge in [-0.15, -0.1) is 11.3 Å². The minimum atomic E-state index is -0.127. The van der Waals surface area contributed by atoms with E-state index in [0.717, 1.165) is 41.8 Å². The number of anilines is 1. The zero-order chi connectivity index (χ0) is 19.3. The second-order valence-corrected chi connectivity index (χ2v) is 9.22. The summed E-state index contributed by atoms with van der Waals surface area (Å²) >= 11 is 3.17. The average Bonchev–Trinajstić information content (AvgIpc) is 3.23.